The van der Waals surface area contributed by atoms with Crippen LogP contribution in [0.5, 0.6) is 17.2 Å². The van der Waals surface area contributed by atoms with Gasteiger partial charge in [-0.25, -0.2) is 0 Å². The number of methoxy groups -OCH3 is 2. The van der Waals surface area contributed by atoms with Crippen molar-refractivity contribution in [2.24, 2.45) is 0 Å². The molecule has 0 bridgehead atoms. The van der Waals surface area contributed by atoms with Gasteiger partial charge in [0.1, 0.15) is 12.3 Å². The van der Waals surface area contributed by atoms with E-state index in [2.05, 4.69) is 10.1 Å². The number of carbonyl (C=O) groups is 4. The molecule has 0 atom stereocenters. The Morgan fingerprint density at radius 1 is 1.03 bits per heavy atom. The van der Waals surface area contributed by atoms with Crippen LogP contribution in [0.15, 0.2) is 47.4 Å². The molecule has 0 saturated carbocycles. The molecule has 1 aliphatic heterocycles. The molecule has 35 heavy (non-hydrogen) atoms. The van der Waals surface area contributed by atoms with Crippen molar-refractivity contribution in [2.75, 3.05) is 39.3 Å². The lowest BCUT2D eigenvalue weighted by Gasteiger charge is -2.13. The predicted molar refractivity (Wildman–Crippen MR) is 129 cm³/mol. The molecule has 1 saturated heterocycles. The van der Waals surface area contributed by atoms with Gasteiger partial charge in [-0.2, -0.15) is 0 Å². The number of esters is 1. The minimum Gasteiger partial charge on any atom is -0.493 e. The number of carbonyl (C=O) groups excluding carboxylic acids is 4. The fourth-order valence-corrected chi connectivity index (χ4v) is 3.89. The Hall–Kier alpha value is -3.99. The molecule has 2 aromatic carbocycles. The molecule has 2 aromatic rings. The largest absolute Gasteiger partial charge is 0.493 e. The first kappa shape index (κ1) is 25.6. The Labute approximate surface area is 206 Å². The molecule has 3 rings (SSSR count). The van der Waals surface area contributed by atoms with Gasteiger partial charge in [0.05, 0.1) is 31.4 Å². The molecule has 3 amide bonds. The van der Waals surface area contributed by atoms with Crippen LogP contribution < -0.4 is 19.5 Å². The maximum Gasteiger partial charge on any atom is 0.325 e. The molecule has 0 aliphatic carbocycles. The maximum atomic E-state index is 12.5. The van der Waals surface area contributed by atoms with Gasteiger partial charge >= 0.3 is 5.97 Å². The van der Waals surface area contributed by atoms with Gasteiger partial charge in [-0.15, -0.1) is 0 Å². The smallest absolute Gasteiger partial charge is 0.325 e. The molecular formula is C24H24N2O8S. The van der Waals surface area contributed by atoms with E-state index < -0.39 is 23.7 Å². The number of hydrogen-bond donors (Lipinski definition) is 1. The average molecular weight is 501 g/mol. The lowest BCUT2D eigenvalue weighted by molar-refractivity contribution is -0.143. The van der Waals surface area contributed by atoms with Gasteiger partial charge in [-0.05, 0) is 54.6 Å². The summed E-state index contributed by atoms with van der Waals surface area (Å²) in [7, 11) is 2.62. The highest BCUT2D eigenvalue weighted by Crippen LogP contribution is 2.34. The van der Waals surface area contributed by atoms with Crippen LogP contribution >= 0.6 is 11.8 Å². The molecular weight excluding hydrogens is 476 g/mol. The van der Waals surface area contributed by atoms with E-state index >= 15 is 0 Å². The number of anilines is 1. The number of hydrogen-bond acceptors (Lipinski definition) is 9. The Balaban J connectivity index is 1.67. The van der Waals surface area contributed by atoms with Crippen LogP contribution in [0.2, 0.25) is 0 Å². The van der Waals surface area contributed by atoms with Crippen molar-refractivity contribution < 1.29 is 38.1 Å². The van der Waals surface area contributed by atoms with Gasteiger partial charge in [0, 0.05) is 0 Å². The summed E-state index contributed by atoms with van der Waals surface area (Å²) in [6.45, 7) is 1.59. The van der Waals surface area contributed by atoms with E-state index in [0.717, 1.165) is 16.7 Å². The van der Waals surface area contributed by atoms with Crippen molar-refractivity contribution in [3.8, 4) is 17.2 Å². The summed E-state index contributed by atoms with van der Waals surface area (Å²) < 4.78 is 21.0. The fourth-order valence-electron chi connectivity index (χ4n) is 3.06. The van der Waals surface area contributed by atoms with Gasteiger partial charge in [0.2, 0.25) is 0 Å². The minimum absolute atomic E-state index is 0.155. The number of ether oxygens (including phenoxy) is 4. The monoisotopic (exact) mass is 500 g/mol. The topological polar surface area (TPSA) is 120 Å². The highest BCUT2D eigenvalue weighted by Gasteiger charge is 2.36. The third-order valence-electron chi connectivity index (χ3n) is 4.69. The molecule has 10 nitrogen and oxygen atoms in total. The third kappa shape index (κ3) is 6.54. The molecule has 1 fully saturated rings. The first-order valence-corrected chi connectivity index (χ1v) is 11.3. The summed E-state index contributed by atoms with van der Waals surface area (Å²) in [5.41, 5.74) is 1.10. The SMILES string of the molecule is CCOc1ccccc1NC(=O)COc1ccc(/C=C2/SC(=O)N(CC(=O)OC)C2=O)cc1OC. The number of imide groups is 1. The molecule has 1 N–H and O–H groups in total. The third-order valence-corrected chi connectivity index (χ3v) is 5.60. The van der Waals surface area contributed by atoms with E-state index in [1.165, 1.54) is 20.3 Å². The van der Waals surface area contributed by atoms with Crippen molar-refractivity contribution in [1.29, 1.82) is 0 Å². The van der Waals surface area contributed by atoms with Crippen LogP contribution in [0.4, 0.5) is 10.5 Å². The Kier molecular flexibility index (Phi) is 8.74. The standard InChI is InChI=1S/C24H24N2O8S/c1-4-33-17-8-6-5-7-16(17)25-21(27)14-34-18-10-9-15(11-19(18)31-2)12-20-23(29)26(24(30)35-20)13-22(28)32-3/h5-12H,4,13-14H2,1-3H3,(H,25,27)/b20-12+. The van der Waals surface area contributed by atoms with Crippen LogP contribution in [0, 0.1) is 0 Å². The fraction of sp³-hybridized carbons (Fsp3) is 0.250. The second kappa shape index (κ2) is 11.9. The number of thioether (sulfide) groups is 1. The molecule has 0 aromatic heterocycles. The lowest BCUT2D eigenvalue weighted by Crippen LogP contribution is -2.34. The highest BCUT2D eigenvalue weighted by molar-refractivity contribution is 8.18. The maximum absolute atomic E-state index is 12.5. The second-order valence-electron chi connectivity index (χ2n) is 7.02. The van der Waals surface area contributed by atoms with Crippen LogP contribution in [0.25, 0.3) is 6.08 Å². The quantitative estimate of drug-likeness (QED) is 0.387. The van der Waals surface area contributed by atoms with Gasteiger partial charge in [-0.1, -0.05) is 18.2 Å². The van der Waals surface area contributed by atoms with Crippen LogP contribution in [0.1, 0.15) is 12.5 Å². The number of nitrogens with zero attached hydrogens (tertiary/aromatic N) is 1. The van der Waals surface area contributed by atoms with Crippen molar-refractivity contribution in [2.45, 2.75) is 6.92 Å². The summed E-state index contributed by atoms with van der Waals surface area (Å²) in [4.78, 5) is 49.4. The Morgan fingerprint density at radius 2 is 1.80 bits per heavy atom. The zero-order valence-corrected chi connectivity index (χ0v) is 20.2. The molecule has 0 unspecified atom stereocenters. The van der Waals surface area contributed by atoms with Crippen molar-refractivity contribution in [3.05, 3.63) is 52.9 Å². The lowest BCUT2D eigenvalue weighted by atomic mass is 10.2. The Morgan fingerprint density at radius 3 is 2.51 bits per heavy atom. The molecule has 184 valence electrons. The number of para-hydroxylation sites is 2. The van der Waals surface area contributed by atoms with Crippen LogP contribution in [-0.4, -0.2) is 61.9 Å². The molecule has 11 heteroatoms. The van der Waals surface area contributed by atoms with E-state index in [1.54, 1.807) is 36.4 Å². The number of amides is 3. The molecule has 1 heterocycles. The average Bonchev–Trinajstić information content (AvgIpc) is 3.11. The van der Waals surface area contributed by atoms with Gasteiger partial charge in [0.25, 0.3) is 17.1 Å². The normalized spacial score (nSPS) is 14.1. The summed E-state index contributed by atoms with van der Waals surface area (Å²) in [5, 5.41) is 2.18. The predicted octanol–water partition coefficient (Wildman–Crippen LogP) is 3.32. The van der Waals surface area contributed by atoms with Crippen molar-refractivity contribution in [1.82, 2.24) is 4.90 Å². The van der Waals surface area contributed by atoms with Gasteiger partial charge < -0.3 is 24.3 Å². The first-order chi connectivity index (χ1) is 16.9. The zero-order valence-electron chi connectivity index (χ0n) is 19.4. The highest BCUT2D eigenvalue weighted by atomic mass is 32.2. The summed E-state index contributed by atoms with van der Waals surface area (Å²) in [6, 6.07) is 11.9. The summed E-state index contributed by atoms with van der Waals surface area (Å²) >= 11 is 0.722. The summed E-state index contributed by atoms with van der Waals surface area (Å²) in [6.07, 6.45) is 1.51. The van der Waals surface area contributed by atoms with E-state index in [4.69, 9.17) is 14.2 Å². The minimum atomic E-state index is -0.692. The van der Waals surface area contributed by atoms with E-state index in [1.807, 2.05) is 13.0 Å². The van der Waals surface area contributed by atoms with E-state index in [-0.39, 0.29) is 17.4 Å². The van der Waals surface area contributed by atoms with Crippen LogP contribution in [0.3, 0.4) is 0 Å². The second-order valence-corrected chi connectivity index (χ2v) is 8.01. The number of benzene rings is 2. The van der Waals surface area contributed by atoms with Crippen molar-refractivity contribution in [3.63, 3.8) is 0 Å². The number of rotatable bonds is 10. The number of nitrogens with one attached hydrogen (secondary N) is 1. The summed E-state index contributed by atoms with van der Waals surface area (Å²) in [5.74, 6) is -0.466. The van der Waals surface area contributed by atoms with E-state index in [9.17, 15) is 19.2 Å². The Bertz CT molecular complexity index is 1160. The van der Waals surface area contributed by atoms with Gasteiger partial charge in [-0.3, -0.25) is 24.1 Å². The van der Waals surface area contributed by atoms with Crippen molar-refractivity contribution >= 4 is 46.5 Å². The molecule has 1 aliphatic rings. The zero-order chi connectivity index (χ0) is 25.4. The molecule has 0 radical (unpaired) electrons. The first-order valence-electron chi connectivity index (χ1n) is 10.5. The molecule has 0 spiro atoms. The van der Waals surface area contributed by atoms with E-state index in [0.29, 0.717) is 35.1 Å². The van der Waals surface area contributed by atoms with Gasteiger partial charge in [0.15, 0.2) is 18.1 Å². The van der Waals surface area contributed by atoms with Crippen LogP contribution in [-0.2, 0) is 19.1 Å².